The first-order chi connectivity index (χ1) is 19.3. The summed E-state index contributed by atoms with van der Waals surface area (Å²) in [4.78, 5) is 45.0. The molecule has 206 valence electrons. The second-order valence-electron chi connectivity index (χ2n) is 8.75. The normalized spacial score (nSPS) is 10.7. The van der Waals surface area contributed by atoms with Crippen molar-refractivity contribution in [1.29, 1.82) is 0 Å². The molecule has 0 aliphatic carbocycles. The predicted octanol–water partition coefficient (Wildman–Crippen LogP) is 4.69. The Balaban J connectivity index is 1.59. The average molecular weight is 547 g/mol. The Kier molecular flexibility index (Phi) is 8.87. The molecule has 4 aromatic rings. The molecule has 0 spiro atoms. The topological polar surface area (TPSA) is 145 Å². The van der Waals surface area contributed by atoms with E-state index in [0.717, 1.165) is 10.5 Å². The summed E-state index contributed by atoms with van der Waals surface area (Å²) in [5.41, 5.74) is 3.62. The lowest BCUT2D eigenvalue weighted by atomic mass is 9.97. The third-order valence-corrected chi connectivity index (χ3v) is 6.14. The van der Waals surface area contributed by atoms with Gasteiger partial charge in [0.1, 0.15) is 5.82 Å². The van der Waals surface area contributed by atoms with Crippen LogP contribution < -0.4 is 10.2 Å². The van der Waals surface area contributed by atoms with Gasteiger partial charge in [0.25, 0.3) is 5.91 Å². The van der Waals surface area contributed by atoms with Gasteiger partial charge in [-0.1, -0.05) is 60.7 Å². The highest BCUT2D eigenvalue weighted by Crippen LogP contribution is 2.29. The molecular formula is C29H27FN4O6. The number of halogens is 1. The number of nitrogens with zero attached hydrogens (tertiary/aromatic N) is 2. The van der Waals surface area contributed by atoms with Crippen LogP contribution in [0.5, 0.6) is 5.88 Å². The number of urea groups is 1. The average Bonchev–Trinajstić information content (AvgIpc) is 3.35. The fourth-order valence-electron chi connectivity index (χ4n) is 4.24. The number of hydroxylamine groups is 1. The first-order valence-corrected chi connectivity index (χ1v) is 12.4. The van der Waals surface area contributed by atoms with E-state index in [1.807, 2.05) is 30.3 Å². The number of rotatable bonds is 10. The zero-order valence-electron chi connectivity index (χ0n) is 21.6. The highest BCUT2D eigenvalue weighted by atomic mass is 19.1. The number of hydrogen-bond acceptors (Lipinski definition) is 6. The lowest BCUT2D eigenvalue weighted by molar-refractivity contribution is 0.0695. The van der Waals surface area contributed by atoms with E-state index < -0.39 is 23.7 Å². The van der Waals surface area contributed by atoms with E-state index in [2.05, 4.69) is 9.97 Å². The Morgan fingerprint density at radius 1 is 1.00 bits per heavy atom. The smallest absolute Gasteiger partial charge is 0.348 e. The summed E-state index contributed by atoms with van der Waals surface area (Å²) < 4.78 is 20.7. The van der Waals surface area contributed by atoms with Crippen LogP contribution in [0.4, 0.5) is 9.18 Å². The van der Waals surface area contributed by atoms with Crippen LogP contribution in [0, 0.1) is 5.82 Å². The first kappa shape index (κ1) is 28.0. The summed E-state index contributed by atoms with van der Waals surface area (Å²) >= 11 is 0. The number of ether oxygens (including phenoxy) is 1. The van der Waals surface area contributed by atoms with Crippen LogP contribution in [0.1, 0.15) is 44.7 Å². The van der Waals surface area contributed by atoms with Gasteiger partial charge in [0.15, 0.2) is 0 Å². The van der Waals surface area contributed by atoms with Gasteiger partial charge in [-0.15, -0.1) is 0 Å². The standard InChI is InChI=1S/C29H27FN4O6/c1-2-40-26-24(17-19-12-13-21(23(30)16-19)20-10-6-7-11-22(20)28(36)37)31-25(32-26)27(35)34(29(38)33-39)15-14-18-8-4-3-5-9-18/h3-13,16,39H,2,14-15,17H2,1H3,(H,31,32)(H,33,38)(H,36,37). The van der Waals surface area contributed by atoms with Crippen molar-refractivity contribution < 1.29 is 33.8 Å². The molecule has 11 heteroatoms. The van der Waals surface area contributed by atoms with Crippen LogP contribution in [-0.4, -0.2) is 56.2 Å². The molecule has 1 aromatic heterocycles. The monoisotopic (exact) mass is 546 g/mol. The molecule has 0 radical (unpaired) electrons. The fourth-order valence-corrected chi connectivity index (χ4v) is 4.24. The van der Waals surface area contributed by atoms with E-state index >= 15 is 4.39 Å². The number of carbonyl (C=O) groups is 3. The minimum Gasteiger partial charge on any atom is -0.478 e. The van der Waals surface area contributed by atoms with E-state index in [0.29, 0.717) is 17.7 Å². The maximum atomic E-state index is 15.1. The highest BCUT2D eigenvalue weighted by Gasteiger charge is 2.27. The number of amides is 3. The molecule has 3 amide bonds. The van der Waals surface area contributed by atoms with Crippen molar-refractivity contribution in [2.45, 2.75) is 19.8 Å². The van der Waals surface area contributed by atoms with E-state index in [1.54, 1.807) is 25.1 Å². The summed E-state index contributed by atoms with van der Waals surface area (Å²) in [6, 6.07) is 18.7. The largest absolute Gasteiger partial charge is 0.478 e. The number of carboxylic acid groups (broad SMARTS) is 1. The number of imidazole rings is 1. The van der Waals surface area contributed by atoms with Gasteiger partial charge in [0, 0.05) is 18.5 Å². The van der Waals surface area contributed by atoms with Crippen molar-refractivity contribution in [1.82, 2.24) is 20.3 Å². The van der Waals surface area contributed by atoms with E-state index in [9.17, 15) is 24.7 Å². The summed E-state index contributed by atoms with van der Waals surface area (Å²) in [5, 5.41) is 18.7. The molecule has 4 rings (SSSR count). The lowest BCUT2D eigenvalue weighted by Crippen LogP contribution is -2.44. The third-order valence-electron chi connectivity index (χ3n) is 6.14. The van der Waals surface area contributed by atoms with Crippen LogP contribution in [-0.2, 0) is 12.8 Å². The quantitative estimate of drug-likeness (QED) is 0.167. The predicted molar refractivity (Wildman–Crippen MR) is 143 cm³/mol. The van der Waals surface area contributed by atoms with Gasteiger partial charge in [-0.2, -0.15) is 4.98 Å². The number of imide groups is 1. The first-order valence-electron chi connectivity index (χ1n) is 12.4. The number of aromatic carboxylic acids is 1. The Labute approximate surface area is 229 Å². The van der Waals surface area contributed by atoms with Gasteiger partial charge in [0.05, 0.1) is 17.9 Å². The summed E-state index contributed by atoms with van der Waals surface area (Å²) in [7, 11) is 0. The molecule has 0 aliphatic heterocycles. The van der Waals surface area contributed by atoms with Crippen LogP contribution in [0.3, 0.4) is 0 Å². The molecule has 0 atom stereocenters. The van der Waals surface area contributed by atoms with E-state index in [-0.39, 0.29) is 48.0 Å². The van der Waals surface area contributed by atoms with Crippen molar-refractivity contribution in [3.8, 4) is 17.0 Å². The van der Waals surface area contributed by atoms with Gasteiger partial charge < -0.3 is 14.8 Å². The lowest BCUT2D eigenvalue weighted by Gasteiger charge is -2.18. The van der Waals surface area contributed by atoms with E-state index in [4.69, 9.17) is 4.74 Å². The molecule has 1 heterocycles. The van der Waals surface area contributed by atoms with Crippen LogP contribution >= 0.6 is 0 Å². The zero-order valence-corrected chi connectivity index (χ0v) is 21.6. The maximum absolute atomic E-state index is 15.1. The third kappa shape index (κ3) is 6.33. The maximum Gasteiger partial charge on any atom is 0.348 e. The Morgan fingerprint density at radius 3 is 2.40 bits per heavy atom. The van der Waals surface area contributed by atoms with Crippen molar-refractivity contribution >= 4 is 17.9 Å². The molecule has 4 N–H and O–H groups in total. The molecule has 0 saturated carbocycles. The van der Waals surface area contributed by atoms with Gasteiger partial charge in [-0.3, -0.25) is 14.9 Å². The van der Waals surface area contributed by atoms with Gasteiger partial charge >= 0.3 is 12.0 Å². The van der Waals surface area contributed by atoms with Crippen LogP contribution in [0.2, 0.25) is 0 Å². The summed E-state index contributed by atoms with van der Waals surface area (Å²) in [6.45, 7) is 1.94. The molecule has 0 saturated heterocycles. The molecule has 40 heavy (non-hydrogen) atoms. The molecule has 0 bridgehead atoms. The molecule has 0 aliphatic rings. The van der Waals surface area contributed by atoms with Gasteiger partial charge in [0.2, 0.25) is 11.7 Å². The van der Waals surface area contributed by atoms with Gasteiger partial charge in [-0.25, -0.2) is 19.5 Å². The number of aromatic nitrogens is 2. The number of carboxylic acids is 1. The van der Waals surface area contributed by atoms with Gasteiger partial charge in [-0.05, 0) is 42.2 Å². The SMILES string of the molecule is CCOc1nc(C(=O)N(CCc2ccccc2)C(=O)NO)[nH]c1Cc1ccc(-c2ccccc2C(=O)O)c(F)c1. The van der Waals surface area contributed by atoms with Crippen molar-refractivity contribution in [3.63, 3.8) is 0 Å². The number of H-pyrrole nitrogens is 1. The van der Waals surface area contributed by atoms with Crippen molar-refractivity contribution in [2.24, 2.45) is 0 Å². The van der Waals surface area contributed by atoms with Crippen molar-refractivity contribution in [2.75, 3.05) is 13.2 Å². The Morgan fingerprint density at radius 2 is 1.73 bits per heavy atom. The molecule has 3 aromatic carbocycles. The highest BCUT2D eigenvalue weighted by molar-refractivity contribution is 6.02. The summed E-state index contributed by atoms with van der Waals surface area (Å²) in [5.74, 6) is -2.66. The van der Waals surface area contributed by atoms with Crippen LogP contribution in [0.15, 0.2) is 72.8 Å². The van der Waals surface area contributed by atoms with Crippen molar-refractivity contribution in [3.05, 3.63) is 107 Å². The zero-order chi connectivity index (χ0) is 28.6. The number of hydrogen-bond donors (Lipinski definition) is 4. The number of benzene rings is 3. The molecule has 0 unspecified atom stereocenters. The molecule has 0 fully saturated rings. The Hall–Kier alpha value is -5.03. The fraction of sp³-hybridized carbons (Fsp3) is 0.172. The number of carbonyl (C=O) groups excluding carboxylic acids is 2. The second kappa shape index (κ2) is 12.7. The summed E-state index contributed by atoms with van der Waals surface area (Å²) in [6.07, 6.45) is 0.451. The molecule has 10 nitrogen and oxygen atoms in total. The number of nitrogens with one attached hydrogen (secondary N) is 2. The Bertz CT molecular complexity index is 1520. The number of aromatic amines is 1. The second-order valence-corrected chi connectivity index (χ2v) is 8.75. The minimum absolute atomic E-state index is 0.0201. The minimum atomic E-state index is -1.16. The van der Waals surface area contributed by atoms with E-state index in [1.165, 1.54) is 29.7 Å². The van der Waals surface area contributed by atoms with Crippen LogP contribution in [0.25, 0.3) is 11.1 Å². The molecular weight excluding hydrogens is 519 g/mol.